The molecular weight excluding hydrogens is 309 g/mol. The molecule has 0 bridgehead atoms. The second-order valence-corrected chi connectivity index (χ2v) is 4.61. The number of hydrogen-bond acceptors (Lipinski definition) is 3. The highest BCUT2D eigenvalue weighted by Crippen LogP contribution is 2.23. The molecule has 0 spiro atoms. The predicted octanol–water partition coefficient (Wildman–Crippen LogP) is 1.97. The number of oxime groups is 1. The Balaban J connectivity index is 2.80. The number of benzene rings is 1. The molecule has 17 heavy (non-hydrogen) atoms. The molecule has 0 saturated carbocycles. The fourth-order valence-corrected chi connectivity index (χ4v) is 1.57. The Morgan fingerprint density at radius 2 is 2.29 bits per heavy atom. The summed E-state index contributed by atoms with van der Waals surface area (Å²) in [7, 11) is 0. The largest absolute Gasteiger partial charge is 0.409 e. The number of hydrogen-bond donors (Lipinski definition) is 3. The number of rotatable bonds is 3. The van der Waals surface area contributed by atoms with Crippen molar-refractivity contribution in [3.05, 3.63) is 33.3 Å². The van der Waals surface area contributed by atoms with Crippen LogP contribution in [0.3, 0.4) is 0 Å². The minimum Gasteiger partial charge on any atom is -0.409 e. The van der Waals surface area contributed by atoms with Crippen LogP contribution in [0.25, 0.3) is 0 Å². The Morgan fingerprint density at radius 3 is 2.82 bits per heavy atom. The van der Waals surface area contributed by atoms with Crippen molar-refractivity contribution in [3.63, 3.8) is 0 Å². The zero-order valence-electron chi connectivity index (χ0n) is 8.95. The molecule has 0 aromatic heterocycles. The van der Waals surface area contributed by atoms with Gasteiger partial charge in [0.2, 0.25) is 0 Å². The van der Waals surface area contributed by atoms with Gasteiger partial charge in [-0.2, -0.15) is 0 Å². The van der Waals surface area contributed by atoms with Crippen LogP contribution in [-0.4, -0.2) is 23.0 Å². The molecule has 7 heteroatoms. The summed E-state index contributed by atoms with van der Waals surface area (Å²) < 4.78 is 0.628. The van der Waals surface area contributed by atoms with E-state index in [4.69, 9.17) is 22.5 Å². The van der Waals surface area contributed by atoms with Crippen LogP contribution >= 0.6 is 27.5 Å². The van der Waals surface area contributed by atoms with Crippen LogP contribution in [0, 0.1) is 0 Å². The monoisotopic (exact) mass is 319 g/mol. The van der Waals surface area contributed by atoms with Gasteiger partial charge in [-0.25, -0.2) is 0 Å². The summed E-state index contributed by atoms with van der Waals surface area (Å²) in [6.45, 7) is 1.61. The Kier molecular flexibility index (Phi) is 4.77. The van der Waals surface area contributed by atoms with Gasteiger partial charge in [0.1, 0.15) is 0 Å². The summed E-state index contributed by atoms with van der Waals surface area (Å²) in [6, 6.07) is 4.23. The SMILES string of the molecule is CC(NC(=O)c1ccc(Cl)c(Br)c1)/C(N)=N/O. The fraction of sp³-hybridized carbons (Fsp3) is 0.200. The van der Waals surface area contributed by atoms with Gasteiger partial charge in [-0.05, 0) is 41.1 Å². The van der Waals surface area contributed by atoms with Crippen LogP contribution < -0.4 is 11.1 Å². The van der Waals surface area contributed by atoms with E-state index in [0.717, 1.165) is 0 Å². The highest BCUT2D eigenvalue weighted by atomic mass is 79.9. The molecule has 0 aliphatic heterocycles. The lowest BCUT2D eigenvalue weighted by Gasteiger charge is -2.12. The van der Waals surface area contributed by atoms with Crippen molar-refractivity contribution in [1.29, 1.82) is 0 Å². The molecule has 0 saturated heterocycles. The fourth-order valence-electron chi connectivity index (χ4n) is 1.08. The van der Waals surface area contributed by atoms with E-state index in [1.807, 2.05) is 0 Å². The highest BCUT2D eigenvalue weighted by molar-refractivity contribution is 9.10. The van der Waals surface area contributed by atoms with Gasteiger partial charge in [0.05, 0.1) is 11.1 Å². The molecule has 4 N–H and O–H groups in total. The lowest BCUT2D eigenvalue weighted by Crippen LogP contribution is -2.42. The average molecular weight is 321 g/mol. The smallest absolute Gasteiger partial charge is 0.251 e. The van der Waals surface area contributed by atoms with Crippen LogP contribution in [-0.2, 0) is 0 Å². The molecule has 5 nitrogen and oxygen atoms in total. The molecule has 1 atom stereocenters. The predicted molar refractivity (Wildman–Crippen MR) is 69.5 cm³/mol. The Hall–Kier alpha value is -1.27. The first kappa shape index (κ1) is 13.8. The standard InChI is InChI=1S/C10H11BrClN3O2/c1-5(9(13)15-17)14-10(16)6-2-3-8(12)7(11)4-6/h2-5,17H,1H3,(H2,13,15)(H,14,16). The van der Waals surface area contributed by atoms with Crippen molar-refractivity contribution in [2.24, 2.45) is 10.9 Å². The van der Waals surface area contributed by atoms with E-state index in [1.165, 1.54) is 0 Å². The van der Waals surface area contributed by atoms with Crippen molar-refractivity contribution < 1.29 is 10.0 Å². The Labute approximate surface area is 112 Å². The summed E-state index contributed by atoms with van der Waals surface area (Å²) in [5.74, 6) is -0.396. The van der Waals surface area contributed by atoms with Crippen LogP contribution in [0.1, 0.15) is 17.3 Å². The van der Waals surface area contributed by atoms with Gasteiger partial charge in [-0.1, -0.05) is 16.8 Å². The molecule has 1 rings (SSSR count). The van der Waals surface area contributed by atoms with Crippen molar-refractivity contribution >= 4 is 39.3 Å². The third kappa shape index (κ3) is 3.61. The second kappa shape index (κ2) is 5.88. The van der Waals surface area contributed by atoms with Gasteiger partial charge in [0.25, 0.3) is 5.91 Å². The zero-order chi connectivity index (χ0) is 13.0. The summed E-state index contributed by atoms with van der Waals surface area (Å²) in [4.78, 5) is 11.8. The number of nitrogens with two attached hydrogens (primary N) is 1. The van der Waals surface area contributed by atoms with Crippen molar-refractivity contribution in [2.45, 2.75) is 13.0 Å². The van der Waals surface area contributed by atoms with E-state index >= 15 is 0 Å². The number of carbonyl (C=O) groups is 1. The zero-order valence-corrected chi connectivity index (χ0v) is 11.3. The molecule has 0 heterocycles. The van der Waals surface area contributed by atoms with Crippen LogP contribution in [0.5, 0.6) is 0 Å². The quantitative estimate of drug-likeness (QED) is 0.344. The highest BCUT2D eigenvalue weighted by Gasteiger charge is 2.13. The number of nitrogens with zero attached hydrogens (tertiary/aromatic N) is 1. The normalized spacial score (nSPS) is 13.2. The topological polar surface area (TPSA) is 87.7 Å². The van der Waals surface area contributed by atoms with E-state index in [0.29, 0.717) is 15.1 Å². The van der Waals surface area contributed by atoms with E-state index < -0.39 is 6.04 Å². The maximum atomic E-state index is 11.8. The van der Waals surface area contributed by atoms with E-state index in [9.17, 15) is 4.79 Å². The number of amidine groups is 1. The van der Waals surface area contributed by atoms with Crippen LogP contribution in [0.15, 0.2) is 27.8 Å². The Bertz CT molecular complexity index is 465. The van der Waals surface area contributed by atoms with Gasteiger partial charge in [0, 0.05) is 10.0 Å². The minimum atomic E-state index is -0.554. The summed E-state index contributed by atoms with van der Waals surface area (Å²) in [5, 5.41) is 14.4. The molecular formula is C10H11BrClN3O2. The second-order valence-electron chi connectivity index (χ2n) is 3.35. The first-order chi connectivity index (χ1) is 7.95. The lowest BCUT2D eigenvalue weighted by molar-refractivity contribution is 0.0948. The molecule has 1 aromatic rings. The maximum Gasteiger partial charge on any atom is 0.251 e. The lowest BCUT2D eigenvalue weighted by atomic mass is 10.2. The van der Waals surface area contributed by atoms with Crippen LogP contribution in [0.4, 0.5) is 0 Å². The summed E-state index contributed by atoms with van der Waals surface area (Å²) in [6.07, 6.45) is 0. The van der Waals surface area contributed by atoms with Gasteiger partial charge in [-0.15, -0.1) is 0 Å². The summed E-state index contributed by atoms with van der Waals surface area (Å²) in [5.41, 5.74) is 5.78. The molecule has 1 aromatic carbocycles. The average Bonchev–Trinajstić information content (AvgIpc) is 2.31. The molecule has 1 unspecified atom stereocenters. The third-order valence-electron chi connectivity index (χ3n) is 2.09. The van der Waals surface area contributed by atoms with Crippen molar-refractivity contribution in [2.75, 3.05) is 0 Å². The molecule has 1 amide bonds. The van der Waals surface area contributed by atoms with Gasteiger partial charge in [-0.3, -0.25) is 4.79 Å². The van der Waals surface area contributed by atoms with Crippen molar-refractivity contribution in [3.8, 4) is 0 Å². The maximum absolute atomic E-state index is 11.8. The number of nitrogens with one attached hydrogen (secondary N) is 1. The number of amides is 1. The molecule has 0 aliphatic rings. The van der Waals surface area contributed by atoms with Gasteiger partial charge >= 0.3 is 0 Å². The molecule has 0 fully saturated rings. The molecule has 0 aliphatic carbocycles. The van der Waals surface area contributed by atoms with E-state index in [2.05, 4.69) is 26.4 Å². The number of carbonyl (C=O) groups excluding carboxylic acids is 1. The third-order valence-corrected chi connectivity index (χ3v) is 3.30. The first-order valence-corrected chi connectivity index (χ1v) is 5.86. The van der Waals surface area contributed by atoms with Gasteiger partial charge in [0.15, 0.2) is 5.84 Å². The summed E-state index contributed by atoms with van der Waals surface area (Å²) >= 11 is 9.04. The van der Waals surface area contributed by atoms with Gasteiger partial charge < -0.3 is 16.3 Å². The Morgan fingerprint density at radius 1 is 1.65 bits per heavy atom. The number of halogens is 2. The van der Waals surface area contributed by atoms with E-state index in [1.54, 1.807) is 25.1 Å². The van der Waals surface area contributed by atoms with Crippen molar-refractivity contribution in [1.82, 2.24) is 5.32 Å². The van der Waals surface area contributed by atoms with E-state index in [-0.39, 0.29) is 11.7 Å². The molecule has 92 valence electrons. The van der Waals surface area contributed by atoms with Crippen LogP contribution in [0.2, 0.25) is 5.02 Å². The molecule has 0 radical (unpaired) electrons. The first-order valence-electron chi connectivity index (χ1n) is 4.69. The minimum absolute atomic E-state index is 0.0635.